The number of aromatic nitrogens is 1. The third kappa shape index (κ3) is 1.21. The van der Waals surface area contributed by atoms with Gasteiger partial charge in [0.05, 0.1) is 0 Å². The molecule has 0 unspecified atom stereocenters. The normalized spacial score (nSPS) is 10.9. The molecule has 0 aliphatic carbocycles. The van der Waals surface area contributed by atoms with E-state index in [1.165, 1.54) is 6.20 Å². The SMILES string of the molecule is O=c1cnc2ccc3ccccc3c2o1. The lowest BCUT2D eigenvalue weighted by Crippen LogP contribution is -1.97. The van der Waals surface area contributed by atoms with E-state index >= 15 is 0 Å². The summed E-state index contributed by atoms with van der Waals surface area (Å²) < 4.78 is 5.16. The lowest BCUT2D eigenvalue weighted by Gasteiger charge is -1.99. The molecule has 2 aromatic carbocycles. The van der Waals surface area contributed by atoms with Crippen molar-refractivity contribution >= 4 is 21.9 Å². The van der Waals surface area contributed by atoms with Gasteiger partial charge in [-0.25, -0.2) is 9.78 Å². The van der Waals surface area contributed by atoms with E-state index in [1.807, 2.05) is 36.4 Å². The highest BCUT2D eigenvalue weighted by Gasteiger charge is 2.03. The first kappa shape index (κ1) is 8.17. The van der Waals surface area contributed by atoms with Crippen molar-refractivity contribution in [2.45, 2.75) is 0 Å². The largest absolute Gasteiger partial charge is 0.419 e. The van der Waals surface area contributed by atoms with Crippen molar-refractivity contribution in [3.8, 4) is 0 Å². The minimum absolute atomic E-state index is 0.418. The first-order valence-corrected chi connectivity index (χ1v) is 4.62. The molecule has 0 spiro atoms. The zero-order valence-electron chi connectivity index (χ0n) is 7.81. The number of benzene rings is 2. The lowest BCUT2D eigenvalue weighted by molar-refractivity contribution is 0.558. The van der Waals surface area contributed by atoms with Gasteiger partial charge in [0.15, 0.2) is 5.58 Å². The molecule has 0 aliphatic heterocycles. The highest BCUT2D eigenvalue weighted by atomic mass is 16.4. The summed E-state index contributed by atoms with van der Waals surface area (Å²) in [7, 11) is 0. The third-order valence-corrected chi connectivity index (χ3v) is 2.37. The van der Waals surface area contributed by atoms with Gasteiger partial charge in [-0.2, -0.15) is 0 Å². The Morgan fingerprint density at radius 1 is 1.07 bits per heavy atom. The average molecular weight is 197 g/mol. The molecule has 0 aliphatic rings. The van der Waals surface area contributed by atoms with Crippen LogP contribution in [0, 0.1) is 0 Å². The fourth-order valence-electron chi connectivity index (χ4n) is 1.69. The molecule has 3 heteroatoms. The Labute approximate surface area is 85.0 Å². The maximum atomic E-state index is 11.1. The van der Waals surface area contributed by atoms with E-state index in [4.69, 9.17) is 4.42 Å². The van der Waals surface area contributed by atoms with Gasteiger partial charge in [-0.1, -0.05) is 30.3 Å². The molecule has 1 aromatic heterocycles. The maximum absolute atomic E-state index is 11.1. The van der Waals surface area contributed by atoms with Crippen LogP contribution in [0.2, 0.25) is 0 Å². The topological polar surface area (TPSA) is 43.1 Å². The molecule has 0 bridgehead atoms. The summed E-state index contributed by atoms with van der Waals surface area (Å²) in [4.78, 5) is 15.1. The Balaban J connectivity index is 2.63. The molecular weight excluding hydrogens is 190 g/mol. The van der Waals surface area contributed by atoms with Crippen LogP contribution in [0.25, 0.3) is 21.9 Å². The molecular formula is C12H7NO2. The first-order valence-electron chi connectivity index (χ1n) is 4.62. The number of hydrogen-bond acceptors (Lipinski definition) is 3. The minimum atomic E-state index is -0.418. The molecule has 0 radical (unpaired) electrons. The van der Waals surface area contributed by atoms with Crippen molar-refractivity contribution < 1.29 is 4.42 Å². The van der Waals surface area contributed by atoms with Crippen LogP contribution in [0.4, 0.5) is 0 Å². The van der Waals surface area contributed by atoms with E-state index < -0.39 is 5.63 Å². The van der Waals surface area contributed by atoms with Crippen LogP contribution in [0.15, 0.2) is 51.8 Å². The molecule has 0 amide bonds. The molecule has 3 aromatic rings. The first-order chi connectivity index (χ1) is 7.34. The maximum Gasteiger partial charge on any atom is 0.354 e. The van der Waals surface area contributed by atoms with Crippen molar-refractivity contribution in [2.75, 3.05) is 0 Å². The zero-order chi connectivity index (χ0) is 10.3. The monoisotopic (exact) mass is 197 g/mol. The predicted octanol–water partition coefficient (Wildman–Crippen LogP) is 2.34. The zero-order valence-corrected chi connectivity index (χ0v) is 7.81. The number of fused-ring (bicyclic) bond motifs is 3. The van der Waals surface area contributed by atoms with E-state index in [9.17, 15) is 4.79 Å². The molecule has 0 saturated heterocycles. The summed E-state index contributed by atoms with van der Waals surface area (Å²) in [6.07, 6.45) is 1.19. The average Bonchev–Trinajstić information content (AvgIpc) is 2.29. The summed E-state index contributed by atoms with van der Waals surface area (Å²) in [5.74, 6) is 0. The number of rotatable bonds is 0. The molecule has 0 saturated carbocycles. The molecule has 3 rings (SSSR count). The van der Waals surface area contributed by atoms with Crippen molar-refractivity contribution in [3.63, 3.8) is 0 Å². The van der Waals surface area contributed by atoms with Gasteiger partial charge in [0.25, 0.3) is 0 Å². The second-order valence-electron chi connectivity index (χ2n) is 3.31. The van der Waals surface area contributed by atoms with E-state index in [0.717, 1.165) is 10.8 Å². The van der Waals surface area contributed by atoms with Gasteiger partial charge in [0.2, 0.25) is 0 Å². The predicted molar refractivity (Wildman–Crippen MR) is 57.8 cm³/mol. The van der Waals surface area contributed by atoms with Gasteiger partial charge in [-0.3, -0.25) is 0 Å². The Bertz CT molecular complexity index is 700. The van der Waals surface area contributed by atoms with Crippen molar-refractivity contribution in [1.82, 2.24) is 4.98 Å². The quantitative estimate of drug-likeness (QED) is 0.519. The van der Waals surface area contributed by atoms with E-state index in [1.54, 1.807) is 0 Å². The van der Waals surface area contributed by atoms with Crippen LogP contribution in [0.3, 0.4) is 0 Å². The van der Waals surface area contributed by atoms with E-state index in [-0.39, 0.29) is 0 Å². The Hall–Kier alpha value is -2.16. The van der Waals surface area contributed by atoms with Gasteiger partial charge >= 0.3 is 5.63 Å². The molecule has 3 nitrogen and oxygen atoms in total. The Morgan fingerprint density at radius 2 is 1.93 bits per heavy atom. The fourth-order valence-corrected chi connectivity index (χ4v) is 1.69. The van der Waals surface area contributed by atoms with E-state index in [2.05, 4.69) is 4.98 Å². The Kier molecular flexibility index (Phi) is 1.59. The summed E-state index contributed by atoms with van der Waals surface area (Å²) >= 11 is 0. The van der Waals surface area contributed by atoms with Crippen molar-refractivity contribution in [1.29, 1.82) is 0 Å². The molecule has 0 fully saturated rings. The summed E-state index contributed by atoms with van der Waals surface area (Å²) in [5.41, 5.74) is 0.841. The minimum Gasteiger partial charge on any atom is -0.419 e. The summed E-state index contributed by atoms with van der Waals surface area (Å²) in [6.45, 7) is 0. The second kappa shape index (κ2) is 2.92. The fraction of sp³-hybridized carbons (Fsp3) is 0. The van der Waals surface area contributed by atoms with Crippen LogP contribution in [-0.4, -0.2) is 4.98 Å². The van der Waals surface area contributed by atoms with Crippen LogP contribution < -0.4 is 5.63 Å². The van der Waals surface area contributed by atoms with Crippen LogP contribution in [-0.2, 0) is 0 Å². The Morgan fingerprint density at radius 3 is 2.87 bits per heavy atom. The number of nitrogens with zero attached hydrogens (tertiary/aromatic N) is 1. The molecule has 72 valence electrons. The van der Waals surface area contributed by atoms with Crippen LogP contribution in [0.1, 0.15) is 0 Å². The lowest BCUT2D eigenvalue weighted by atomic mass is 10.1. The third-order valence-electron chi connectivity index (χ3n) is 2.37. The smallest absolute Gasteiger partial charge is 0.354 e. The molecule has 0 N–H and O–H groups in total. The highest BCUT2D eigenvalue weighted by Crippen LogP contribution is 2.22. The van der Waals surface area contributed by atoms with Crippen LogP contribution >= 0.6 is 0 Å². The molecule has 0 atom stereocenters. The van der Waals surface area contributed by atoms with Crippen molar-refractivity contribution in [2.24, 2.45) is 0 Å². The summed E-state index contributed by atoms with van der Waals surface area (Å²) in [5, 5.41) is 1.96. The van der Waals surface area contributed by atoms with Gasteiger partial charge in [0.1, 0.15) is 11.7 Å². The highest BCUT2D eigenvalue weighted by molar-refractivity contribution is 6.02. The van der Waals surface area contributed by atoms with Crippen LogP contribution in [0.5, 0.6) is 0 Å². The standard InChI is InChI=1S/C12H7NO2/c14-11-7-13-10-6-5-8-3-1-2-4-9(8)12(10)15-11/h1-7H. The summed E-state index contributed by atoms with van der Waals surface area (Å²) in [6, 6.07) is 11.6. The number of hydrogen-bond donors (Lipinski definition) is 0. The van der Waals surface area contributed by atoms with Gasteiger partial charge in [0, 0.05) is 5.39 Å². The van der Waals surface area contributed by atoms with Gasteiger partial charge < -0.3 is 4.42 Å². The van der Waals surface area contributed by atoms with Gasteiger partial charge in [-0.15, -0.1) is 0 Å². The molecule has 1 heterocycles. The molecule has 15 heavy (non-hydrogen) atoms. The second-order valence-corrected chi connectivity index (χ2v) is 3.31. The van der Waals surface area contributed by atoms with Gasteiger partial charge in [-0.05, 0) is 11.5 Å². The van der Waals surface area contributed by atoms with E-state index in [0.29, 0.717) is 11.1 Å². The van der Waals surface area contributed by atoms with Crippen molar-refractivity contribution in [3.05, 3.63) is 53.0 Å².